The summed E-state index contributed by atoms with van der Waals surface area (Å²) >= 11 is 11.2. The Hall–Kier alpha value is 0.660. The van der Waals surface area contributed by atoms with Gasteiger partial charge in [-0.25, -0.2) is 0 Å². The van der Waals surface area contributed by atoms with Crippen LogP contribution in [0.1, 0.15) is 55.3 Å². The second-order valence-corrected chi connectivity index (χ2v) is 7.93. The minimum absolute atomic E-state index is 0.475. The van der Waals surface area contributed by atoms with E-state index in [1.807, 2.05) is 0 Å². The summed E-state index contributed by atoms with van der Waals surface area (Å²) in [6.07, 6.45) is 9.74. The second kappa shape index (κ2) is 7.44. The molecule has 0 heterocycles. The van der Waals surface area contributed by atoms with Crippen LogP contribution in [0.5, 0.6) is 0 Å². The van der Waals surface area contributed by atoms with E-state index < -0.39 is 0 Å². The molecular weight excluding hydrogens is 420 g/mol. The maximum absolute atomic E-state index is 3.94. The van der Waals surface area contributed by atoms with E-state index in [-0.39, 0.29) is 0 Å². The van der Waals surface area contributed by atoms with Gasteiger partial charge >= 0.3 is 0 Å². The summed E-state index contributed by atoms with van der Waals surface area (Å²) in [6.45, 7) is 0. The highest BCUT2D eigenvalue weighted by Crippen LogP contribution is 2.42. The molecule has 3 heteroatoms. The predicted molar refractivity (Wildman–Crippen MR) is 89.3 cm³/mol. The van der Waals surface area contributed by atoms with Crippen LogP contribution in [-0.4, -0.2) is 0 Å². The van der Waals surface area contributed by atoms with Gasteiger partial charge in [0.2, 0.25) is 0 Å². The molecule has 1 aromatic rings. The van der Waals surface area contributed by atoms with Gasteiger partial charge in [-0.15, -0.1) is 0 Å². The predicted octanol–water partition coefficient (Wildman–Crippen LogP) is 7.01. The third-order valence-electron chi connectivity index (χ3n) is 3.82. The molecule has 0 aliphatic heterocycles. The summed E-state index contributed by atoms with van der Waals surface area (Å²) in [4.78, 5) is 0.475. The molecule has 0 N–H and O–H groups in total. The number of hydrogen-bond acceptors (Lipinski definition) is 0. The van der Waals surface area contributed by atoms with Gasteiger partial charge in [-0.1, -0.05) is 79.9 Å². The van der Waals surface area contributed by atoms with Gasteiger partial charge in [-0.05, 0) is 42.5 Å². The average Bonchev–Trinajstić information content (AvgIpc) is 2.31. The van der Waals surface area contributed by atoms with Crippen molar-refractivity contribution in [1.82, 2.24) is 0 Å². The Bertz CT molecular complexity index is 381. The Morgan fingerprint density at radius 3 is 2.22 bits per heavy atom. The van der Waals surface area contributed by atoms with E-state index in [2.05, 4.69) is 66.0 Å². The molecule has 1 aliphatic rings. The largest absolute Gasteiger partial charge is 0.0835 e. The van der Waals surface area contributed by atoms with Crippen LogP contribution in [0.4, 0.5) is 0 Å². The molecule has 0 amide bonds. The molecule has 1 aromatic carbocycles. The zero-order valence-electron chi connectivity index (χ0n) is 10.5. The molecule has 0 spiro atoms. The van der Waals surface area contributed by atoms with E-state index in [0.717, 1.165) is 10.4 Å². The third kappa shape index (κ3) is 4.08. The van der Waals surface area contributed by atoms with Crippen LogP contribution in [0.25, 0.3) is 0 Å². The van der Waals surface area contributed by atoms with Crippen LogP contribution in [0.3, 0.4) is 0 Å². The zero-order valence-corrected chi connectivity index (χ0v) is 15.2. The fourth-order valence-corrected chi connectivity index (χ4v) is 4.85. The summed E-state index contributed by atoms with van der Waals surface area (Å²) in [5.74, 6) is 0.774. The molecule has 0 aromatic heterocycles. The van der Waals surface area contributed by atoms with Gasteiger partial charge in [0, 0.05) is 13.8 Å². The lowest BCUT2D eigenvalue weighted by Gasteiger charge is -2.25. The van der Waals surface area contributed by atoms with E-state index in [9.17, 15) is 0 Å². The maximum atomic E-state index is 3.94. The summed E-state index contributed by atoms with van der Waals surface area (Å²) in [7, 11) is 0. The molecule has 2 rings (SSSR count). The van der Waals surface area contributed by atoms with Gasteiger partial charge in [0.05, 0.1) is 0 Å². The van der Waals surface area contributed by atoms with Crippen LogP contribution >= 0.6 is 47.8 Å². The summed E-state index contributed by atoms with van der Waals surface area (Å²) in [5.41, 5.74) is 1.38. The summed E-state index contributed by atoms with van der Waals surface area (Å²) < 4.78 is 2.38. The first-order valence-corrected chi connectivity index (χ1v) is 9.27. The highest BCUT2D eigenvalue weighted by molar-refractivity contribution is 9.11. The van der Waals surface area contributed by atoms with Crippen molar-refractivity contribution in [3.8, 4) is 0 Å². The van der Waals surface area contributed by atoms with E-state index >= 15 is 0 Å². The molecular formula is C15H19Br3. The fourth-order valence-electron chi connectivity index (χ4n) is 2.76. The fraction of sp³-hybridized carbons (Fsp3) is 0.600. The number of alkyl halides is 1. The lowest BCUT2D eigenvalue weighted by molar-refractivity contribution is 0.374. The van der Waals surface area contributed by atoms with Gasteiger partial charge in [-0.3, -0.25) is 0 Å². The normalized spacial score (nSPS) is 20.2. The maximum Gasteiger partial charge on any atom is 0.0435 e. The molecule has 0 bridgehead atoms. The Morgan fingerprint density at radius 1 is 0.944 bits per heavy atom. The second-order valence-electron chi connectivity index (χ2n) is 5.17. The first-order chi connectivity index (χ1) is 8.68. The quantitative estimate of drug-likeness (QED) is 0.435. The van der Waals surface area contributed by atoms with Crippen molar-refractivity contribution in [2.75, 3.05) is 0 Å². The molecule has 1 atom stereocenters. The van der Waals surface area contributed by atoms with Gasteiger partial charge in [-0.2, -0.15) is 0 Å². The monoisotopic (exact) mass is 436 g/mol. The van der Waals surface area contributed by atoms with Crippen molar-refractivity contribution in [2.45, 2.75) is 49.8 Å². The molecule has 1 unspecified atom stereocenters. The lowest BCUT2D eigenvalue weighted by atomic mass is 9.86. The molecule has 1 saturated carbocycles. The molecule has 0 nitrogen and oxygen atoms in total. The molecule has 100 valence electrons. The Morgan fingerprint density at radius 2 is 1.56 bits per heavy atom. The Labute approximate surface area is 135 Å². The highest BCUT2D eigenvalue weighted by atomic mass is 79.9. The van der Waals surface area contributed by atoms with Crippen LogP contribution in [0.2, 0.25) is 0 Å². The molecule has 1 fully saturated rings. The van der Waals surface area contributed by atoms with Crippen molar-refractivity contribution in [3.63, 3.8) is 0 Å². The molecule has 0 radical (unpaired) electrons. The van der Waals surface area contributed by atoms with Crippen molar-refractivity contribution < 1.29 is 0 Å². The number of hydrogen-bond donors (Lipinski definition) is 0. The van der Waals surface area contributed by atoms with Crippen molar-refractivity contribution >= 4 is 47.8 Å². The zero-order chi connectivity index (χ0) is 13.0. The first kappa shape index (κ1) is 15.1. The lowest BCUT2D eigenvalue weighted by Crippen LogP contribution is -2.10. The van der Waals surface area contributed by atoms with Crippen LogP contribution in [0.15, 0.2) is 27.1 Å². The van der Waals surface area contributed by atoms with E-state index in [1.54, 1.807) is 0 Å². The molecule has 1 aliphatic carbocycles. The van der Waals surface area contributed by atoms with Gasteiger partial charge in [0.25, 0.3) is 0 Å². The van der Waals surface area contributed by atoms with Crippen molar-refractivity contribution in [3.05, 3.63) is 32.7 Å². The van der Waals surface area contributed by atoms with Crippen molar-refractivity contribution in [1.29, 1.82) is 0 Å². The Balaban J connectivity index is 2.12. The smallest absolute Gasteiger partial charge is 0.0435 e. The third-order valence-corrected chi connectivity index (χ3v) is 6.28. The van der Waals surface area contributed by atoms with Gasteiger partial charge in [0.15, 0.2) is 0 Å². The van der Waals surface area contributed by atoms with E-state index in [0.29, 0.717) is 4.83 Å². The van der Waals surface area contributed by atoms with Gasteiger partial charge < -0.3 is 0 Å². The van der Waals surface area contributed by atoms with Crippen LogP contribution in [0, 0.1) is 5.92 Å². The Kier molecular flexibility index (Phi) is 6.23. The minimum atomic E-state index is 0.475. The summed E-state index contributed by atoms with van der Waals surface area (Å²) in [5, 5.41) is 0. The van der Waals surface area contributed by atoms with E-state index in [4.69, 9.17) is 0 Å². The topological polar surface area (TPSA) is 0 Å². The average molecular weight is 439 g/mol. The van der Waals surface area contributed by atoms with Crippen LogP contribution < -0.4 is 0 Å². The number of halogens is 3. The van der Waals surface area contributed by atoms with Crippen LogP contribution in [-0.2, 0) is 0 Å². The van der Waals surface area contributed by atoms with Gasteiger partial charge in [0.1, 0.15) is 0 Å². The first-order valence-electron chi connectivity index (χ1n) is 6.77. The molecule has 0 saturated heterocycles. The number of benzene rings is 1. The molecule has 18 heavy (non-hydrogen) atoms. The van der Waals surface area contributed by atoms with E-state index in [1.165, 1.54) is 55.0 Å². The number of rotatable bonds is 2. The highest BCUT2D eigenvalue weighted by Gasteiger charge is 2.23. The van der Waals surface area contributed by atoms with Crippen molar-refractivity contribution in [2.24, 2.45) is 5.92 Å². The SMILES string of the molecule is Brc1ccc(Br)c(C(Br)C2CCCCCCC2)c1. The minimum Gasteiger partial charge on any atom is -0.0835 e. The standard InChI is InChI=1S/C15H19Br3/c16-12-8-9-14(17)13(10-12)15(18)11-6-4-2-1-3-5-7-11/h8-11,15H,1-7H2. The summed E-state index contributed by atoms with van der Waals surface area (Å²) in [6, 6.07) is 6.46.